The number of aryl methyl sites for hydroxylation is 1. The molecule has 0 aliphatic rings. The zero-order valence-electron chi connectivity index (χ0n) is 14.1. The van der Waals surface area contributed by atoms with Crippen LogP contribution in [-0.2, 0) is 20.0 Å². The van der Waals surface area contributed by atoms with Gasteiger partial charge < -0.3 is 14.4 Å². The molecule has 5 nitrogen and oxygen atoms in total. The predicted molar refractivity (Wildman–Crippen MR) is 94.2 cm³/mol. The Bertz CT molecular complexity index is 725. The first-order valence-electron chi connectivity index (χ1n) is 7.62. The van der Waals surface area contributed by atoms with Gasteiger partial charge in [-0.15, -0.1) is 0 Å². The van der Waals surface area contributed by atoms with Gasteiger partial charge in [0.05, 0.1) is 0 Å². The highest BCUT2D eigenvalue weighted by Gasteiger charge is 2.35. The molecule has 2 aromatic carbocycles. The molecule has 0 aromatic heterocycles. The number of carbonyl (C=O) groups excluding carboxylic acids is 1. The summed E-state index contributed by atoms with van der Waals surface area (Å²) >= 11 is 0. The summed E-state index contributed by atoms with van der Waals surface area (Å²) in [6.45, 7) is 1.97. The van der Waals surface area contributed by atoms with Crippen molar-refractivity contribution in [3.8, 4) is 0 Å². The van der Waals surface area contributed by atoms with Gasteiger partial charge >= 0.3 is 7.60 Å². The van der Waals surface area contributed by atoms with Crippen LogP contribution in [0.3, 0.4) is 0 Å². The Labute approximate surface area is 142 Å². The average molecular weight is 347 g/mol. The van der Waals surface area contributed by atoms with Crippen molar-refractivity contribution >= 4 is 13.5 Å². The first kappa shape index (κ1) is 18.4. The average Bonchev–Trinajstić information content (AvgIpc) is 2.62. The molecule has 0 heterocycles. The molecule has 1 atom stereocenters. The summed E-state index contributed by atoms with van der Waals surface area (Å²) in [6.07, 6.45) is 0.351. The minimum Gasteiger partial charge on any atom is -0.338 e. The molecular formula is C18H22NO4P. The predicted octanol–water partition coefficient (Wildman–Crippen LogP) is 3.78. The molecule has 1 N–H and O–H groups in total. The maximum Gasteiger partial charge on any atom is 0.352 e. The largest absolute Gasteiger partial charge is 0.352 e. The van der Waals surface area contributed by atoms with E-state index in [4.69, 9.17) is 9.05 Å². The molecule has 0 aliphatic carbocycles. The van der Waals surface area contributed by atoms with Crippen LogP contribution in [0.4, 0.5) is 0 Å². The molecule has 0 saturated heterocycles. The Morgan fingerprint density at radius 2 is 1.62 bits per heavy atom. The summed E-state index contributed by atoms with van der Waals surface area (Å²) in [5.41, 5.74) is 2.52. The zero-order valence-corrected chi connectivity index (χ0v) is 15.0. The van der Waals surface area contributed by atoms with Crippen LogP contribution in [0.15, 0.2) is 54.6 Å². The molecule has 128 valence electrons. The van der Waals surface area contributed by atoms with Crippen molar-refractivity contribution in [2.45, 2.75) is 19.1 Å². The highest BCUT2D eigenvalue weighted by Crippen LogP contribution is 2.51. The fourth-order valence-electron chi connectivity index (χ4n) is 2.44. The van der Waals surface area contributed by atoms with Gasteiger partial charge in [-0.3, -0.25) is 9.36 Å². The van der Waals surface area contributed by atoms with E-state index in [0.717, 1.165) is 11.1 Å². The quantitative estimate of drug-likeness (QED) is 0.774. The number of hydrogen-bond donors (Lipinski definition) is 1. The number of amides is 1. The van der Waals surface area contributed by atoms with Crippen molar-refractivity contribution in [3.63, 3.8) is 0 Å². The van der Waals surface area contributed by atoms with E-state index in [0.29, 0.717) is 12.0 Å². The van der Waals surface area contributed by atoms with Crippen LogP contribution in [0.25, 0.3) is 0 Å². The van der Waals surface area contributed by atoms with Crippen LogP contribution in [0.2, 0.25) is 0 Å². The highest BCUT2D eigenvalue weighted by molar-refractivity contribution is 7.54. The Morgan fingerprint density at radius 3 is 2.21 bits per heavy atom. The number of rotatable bonds is 7. The Morgan fingerprint density at radius 1 is 1.04 bits per heavy atom. The van der Waals surface area contributed by atoms with E-state index in [-0.39, 0.29) is 5.91 Å². The van der Waals surface area contributed by atoms with Crippen molar-refractivity contribution < 1.29 is 18.4 Å². The maximum atomic E-state index is 12.9. The van der Waals surface area contributed by atoms with E-state index in [1.54, 1.807) is 24.3 Å². The van der Waals surface area contributed by atoms with Crippen LogP contribution in [-0.4, -0.2) is 25.9 Å². The second-order valence-corrected chi connectivity index (χ2v) is 7.82. The third-order valence-corrected chi connectivity index (χ3v) is 5.99. The lowest BCUT2D eigenvalue weighted by Crippen LogP contribution is -2.37. The normalized spacial score (nSPS) is 12.6. The molecule has 0 saturated carbocycles. The SMILES string of the molecule is COP(=O)(OC)C(Cc1ccccc1C)NC(=O)c1ccccc1. The summed E-state index contributed by atoms with van der Waals surface area (Å²) < 4.78 is 23.1. The van der Waals surface area contributed by atoms with Gasteiger partial charge in [0.15, 0.2) is 0 Å². The van der Waals surface area contributed by atoms with E-state index in [2.05, 4.69) is 5.32 Å². The first-order valence-corrected chi connectivity index (χ1v) is 9.23. The van der Waals surface area contributed by atoms with E-state index in [9.17, 15) is 9.36 Å². The van der Waals surface area contributed by atoms with Crippen LogP contribution in [0, 0.1) is 6.92 Å². The van der Waals surface area contributed by atoms with E-state index in [1.165, 1.54) is 14.2 Å². The van der Waals surface area contributed by atoms with Crippen molar-refractivity contribution in [2.24, 2.45) is 0 Å². The van der Waals surface area contributed by atoms with Gasteiger partial charge in [0.25, 0.3) is 5.91 Å². The molecular weight excluding hydrogens is 325 g/mol. The molecule has 2 rings (SSSR count). The lowest BCUT2D eigenvalue weighted by molar-refractivity contribution is 0.0940. The minimum atomic E-state index is -3.48. The van der Waals surface area contributed by atoms with E-state index in [1.807, 2.05) is 37.3 Å². The molecule has 2 aromatic rings. The third-order valence-electron chi connectivity index (χ3n) is 3.90. The Hall–Kier alpha value is -1.94. The van der Waals surface area contributed by atoms with Crippen LogP contribution in [0.5, 0.6) is 0 Å². The standard InChI is InChI=1S/C18H22NO4P/c1-14-9-7-8-12-16(14)13-17(24(21,22-2)23-3)19-18(20)15-10-5-4-6-11-15/h4-12,17H,13H2,1-3H3,(H,19,20). The van der Waals surface area contributed by atoms with Crippen LogP contribution >= 0.6 is 7.60 Å². The molecule has 0 spiro atoms. The monoisotopic (exact) mass is 347 g/mol. The number of nitrogens with one attached hydrogen (secondary N) is 1. The lowest BCUT2D eigenvalue weighted by Gasteiger charge is -2.26. The molecule has 1 amide bonds. The molecule has 24 heavy (non-hydrogen) atoms. The smallest absolute Gasteiger partial charge is 0.338 e. The first-order chi connectivity index (χ1) is 11.5. The minimum absolute atomic E-state index is 0.316. The lowest BCUT2D eigenvalue weighted by atomic mass is 10.1. The van der Waals surface area contributed by atoms with Crippen LogP contribution < -0.4 is 5.32 Å². The molecule has 6 heteroatoms. The molecule has 1 unspecified atom stereocenters. The zero-order chi connectivity index (χ0) is 17.6. The summed E-state index contributed by atoms with van der Waals surface area (Å²) in [7, 11) is -0.836. The second kappa shape index (κ2) is 8.25. The third kappa shape index (κ3) is 4.32. The summed E-state index contributed by atoms with van der Waals surface area (Å²) in [5, 5.41) is 2.80. The number of hydrogen-bond acceptors (Lipinski definition) is 4. The number of benzene rings is 2. The highest BCUT2D eigenvalue weighted by atomic mass is 31.2. The van der Waals surface area contributed by atoms with Gasteiger partial charge in [-0.05, 0) is 30.2 Å². The van der Waals surface area contributed by atoms with Gasteiger partial charge in [-0.2, -0.15) is 0 Å². The van der Waals surface area contributed by atoms with Gasteiger partial charge in [0.2, 0.25) is 0 Å². The molecule has 0 aliphatic heterocycles. The summed E-state index contributed by atoms with van der Waals surface area (Å²) in [6, 6.07) is 16.5. The molecule has 0 radical (unpaired) electrons. The van der Waals surface area contributed by atoms with E-state index >= 15 is 0 Å². The van der Waals surface area contributed by atoms with Gasteiger partial charge in [-0.1, -0.05) is 42.5 Å². The molecule has 0 bridgehead atoms. The van der Waals surface area contributed by atoms with Crippen molar-refractivity contribution in [2.75, 3.05) is 14.2 Å². The van der Waals surface area contributed by atoms with Crippen molar-refractivity contribution in [1.29, 1.82) is 0 Å². The van der Waals surface area contributed by atoms with Gasteiger partial charge in [0.1, 0.15) is 5.78 Å². The van der Waals surface area contributed by atoms with Crippen molar-refractivity contribution in [1.82, 2.24) is 5.32 Å². The fourth-order valence-corrected chi connectivity index (χ4v) is 3.80. The van der Waals surface area contributed by atoms with Gasteiger partial charge in [-0.25, -0.2) is 0 Å². The van der Waals surface area contributed by atoms with E-state index < -0.39 is 13.4 Å². The topological polar surface area (TPSA) is 64.6 Å². The Balaban J connectivity index is 2.28. The number of carbonyl (C=O) groups is 1. The summed E-state index contributed by atoms with van der Waals surface area (Å²) in [4.78, 5) is 12.5. The van der Waals surface area contributed by atoms with Crippen molar-refractivity contribution in [3.05, 3.63) is 71.3 Å². The van der Waals surface area contributed by atoms with Gasteiger partial charge in [0, 0.05) is 26.2 Å². The fraction of sp³-hybridized carbons (Fsp3) is 0.278. The molecule has 0 fully saturated rings. The second-order valence-electron chi connectivity index (χ2n) is 5.39. The Kier molecular flexibility index (Phi) is 6.32. The summed E-state index contributed by atoms with van der Waals surface area (Å²) in [5.74, 6) is -1.09. The maximum absolute atomic E-state index is 12.9. The van der Waals surface area contributed by atoms with Crippen LogP contribution in [0.1, 0.15) is 21.5 Å².